The monoisotopic (exact) mass is 834 g/mol. The molecule has 0 fully saturated rings. The number of carboxylic acids is 1. The van der Waals surface area contributed by atoms with Crippen LogP contribution >= 0.6 is 11.8 Å². The van der Waals surface area contributed by atoms with Crippen molar-refractivity contribution in [2.45, 2.75) is 129 Å². The second-order valence-corrected chi connectivity index (χ2v) is 16.0. The van der Waals surface area contributed by atoms with Gasteiger partial charge >= 0.3 is 18.0 Å². The Morgan fingerprint density at radius 2 is 1.41 bits per heavy atom. The molecule has 6 atom stereocenters. The summed E-state index contributed by atoms with van der Waals surface area (Å²) in [5.74, 6) is -7.19. The number of ether oxygens (including phenoxy) is 2. The molecule has 6 amide bonds. The highest BCUT2D eigenvalue weighted by Gasteiger charge is 2.35. The van der Waals surface area contributed by atoms with Crippen LogP contribution < -0.4 is 26.6 Å². The van der Waals surface area contributed by atoms with Crippen LogP contribution in [0, 0.1) is 11.8 Å². The predicted molar refractivity (Wildman–Crippen MR) is 215 cm³/mol. The second kappa shape index (κ2) is 25.8. The molecule has 0 heterocycles. The van der Waals surface area contributed by atoms with Crippen LogP contribution in [-0.4, -0.2) is 100 Å². The summed E-state index contributed by atoms with van der Waals surface area (Å²) in [6.45, 7) is 11.8. The van der Waals surface area contributed by atoms with E-state index in [4.69, 9.17) is 15.0 Å². The molecule has 0 aromatic heterocycles. The molecule has 322 valence electrons. The maximum atomic E-state index is 13.9. The van der Waals surface area contributed by atoms with Crippen molar-refractivity contribution >= 4 is 59.3 Å². The molecule has 19 nitrogen and oxygen atoms in total. The van der Waals surface area contributed by atoms with Crippen molar-refractivity contribution in [2.75, 3.05) is 12.0 Å². The summed E-state index contributed by atoms with van der Waals surface area (Å²) in [6.07, 6.45) is -0.245. The number of nitrogens with one attached hydrogen (secondary N) is 5. The number of rotatable bonds is 24. The molecular weight excluding hydrogens is 777 g/mol. The summed E-state index contributed by atoms with van der Waals surface area (Å²) < 4.78 is 10.6. The summed E-state index contributed by atoms with van der Waals surface area (Å²) in [5, 5.41) is 25.1. The van der Waals surface area contributed by atoms with Crippen LogP contribution in [0.1, 0.15) is 92.6 Å². The first-order valence-corrected chi connectivity index (χ1v) is 20.3. The van der Waals surface area contributed by atoms with Crippen LogP contribution in [0.25, 0.3) is 10.4 Å². The van der Waals surface area contributed by atoms with Crippen molar-refractivity contribution in [3.63, 3.8) is 0 Å². The van der Waals surface area contributed by atoms with Crippen LogP contribution in [0.3, 0.4) is 0 Å². The normalized spacial score (nSPS) is 14.2. The molecular formula is C38H58N8O11S. The smallest absolute Gasteiger partial charge is 0.408 e. The fourth-order valence-corrected chi connectivity index (χ4v) is 5.72. The number of esters is 1. The highest BCUT2D eigenvalue weighted by atomic mass is 32.2. The topological polar surface area (TPSA) is 284 Å². The summed E-state index contributed by atoms with van der Waals surface area (Å²) >= 11 is 1.38. The number of aliphatic carboxylic acids is 1. The van der Waals surface area contributed by atoms with Gasteiger partial charge in [0.1, 0.15) is 36.4 Å². The molecule has 0 radical (unpaired) electrons. The molecule has 0 aliphatic carbocycles. The third-order valence-electron chi connectivity index (χ3n) is 8.40. The van der Waals surface area contributed by atoms with Gasteiger partial charge in [-0.3, -0.25) is 33.6 Å². The summed E-state index contributed by atoms with van der Waals surface area (Å²) in [7, 11) is 0. The number of thioether (sulfide) groups is 1. The maximum Gasteiger partial charge on any atom is 0.408 e. The maximum absolute atomic E-state index is 13.9. The Labute approximate surface area is 342 Å². The van der Waals surface area contributed by atoms with E-state index in [9.17, 15) is 43.5 Å². The number of benzene rings is 1. The largest absolute Gasteiger partial charge is 0.481 e. The van der Waals surface area contributed by atoms with Gasteiger partial charge < -0.3 is 41.2 Å². The number of carboxylic acid groups (broad SMARTS) is 1. The van der Waals surface area contributed by atoms with Gasteiger partial charge in [-0.2, -0.15) is 11.8 Å². The molecule has 1 aromatic carbocycles. The van der Waals surface area contributed by atoms with E-state index in [1.807, 2.05) is 0 Å². The van der Waals surface area contributed by atoms with Gasteiger partial charge in [0.15, 0.2) is 0 Å². The van der Waals surface area contributed by atoms with Crippen LogP contribution in [0.5, 0.6) is 0 Å². The lowest BCUT2D eigenvalue weighted by Gasteiger charge is -2.29. The Kier molecular flexibility index (Phi) is 22.5. The number of hydrogen-bond donors (Lipinski definition) is 6. The summed E-state index contributed by atoms with van der Waals surface area (Å²) in [4.78, 5) is 107. The molecule has 1 rings (SSSR count). The van der Waals surface area contributed by atoms with E-state index in [1.165, 1.54) is 11.8 Å². The molecule has 0 spiro atoms. The first kappa shape index (κ1) is 50.7. The van der Waals surface area contributed by atoms with Gasteiger partial charge in [0.2, 0.25) is 29.5 Å². The third-order valence-corrected chi connectivity index (χ3v) is 9.04. The average molecular weight is 835 g/mol. The first-order chi connectivity index (χ1) is 27.2. The molecule has 0 bridgehead atoms. The number of azide groups is 1. The fraction of sp³-hybridized carbons (Fsp3) is 0.632. The Morgan fingerprint density at radius 1 is 0.828 bits per heavy atom. The van der Waals surface area contributed by atoms with Gasteiger partial charge in [0.05, 0.1) is 12.5 Å². The van der Waals surface area contributed by atoms with Crippen molar-refractivity contribution in [3.05, 3.63) is 46.3 Å². The van der Waals surface area contributed by atoms with Gasteiger partial charge in [0, 0.05) is 11.3 Å². The number of nitrogens with zero attached hydrogens (tertiary/aromatic N) is 3. The van der Waals surface area contributed by atoms with Crippen LogP contribution in [0.15, 0.2) is 35.4 Å². The van der Waals surface area contributed by atoms with E-state index in [-0.39, 0.29) is 31.8 Å². The SMILES string of the molecule is CC[C@H](C)[C@H](NC(=O)[C@H](CC(=O)O)NC(=O)[C@H](CCC(=O)OCc1ccccc1)NC(=O)[C@H](CC(C)C)NC(=O)OC(C)(C)C)C(=O)N[C@@H](CCSC)C(=O)N=[N+]=[N-]. The molecule has 0 aliphatic heterocycles. The predicted octanol–water partition coefficient (Wildman–Crippen LogP) is 3.50. The van der Waals surface area contributed by atoms with Crippen molar-refractivity contribution < 1.29 is 52.9 Å². The zero-order valence-electron chi connectivity index (χ0n) is 34.4. The lowest BCUT2D eigenvalue weighted by molar-refractivity contribution is -0.145. The zero-order valence-corrected chi connectivity index (χ0v) is 35.2. The number of alkyl carbamates (subject to hydrolysis) is 1. The number of amides is 6. The van der Waals surface area contributed by atoms with Gasteiger partial charge in [-0.1, -0.05) is 64.4 Å². The lowest BCUT2D eigenvalue weighted by Crippen LogP contribution is -2.60. The van der Waals surface area contributed by atoms with Crippen molar-refractivity contribution in [1.29, 1.82) is 0 Å². The zero-order chi connectivity index (χ0) is 44.0. The summed E-state index contributed by atoms with van der Waals surface area (Å²) in [5.41, 5.74) is 8.58. The van der Waals surface area contributed by atoms with E-state index >= 15 is 0 Å². The minimum Gasteiger partial charge on any atom is -0.481 e. The fourth-order valence-electron chi connectivity index (χ4n) is 5.25. The highest BCUT2D eigenvalue weighted by molar-refractivity contribution is 7.98. The van der Waals surface area contributed by atoms with Crippen LogP contribution in [-0.2, 0) is 49.6 Å². The number of carbonyl (C=O) groups is 8. The number of carbonyl (C=O) groups excluding carboxylic acids is 7. The molecule has 6 N–H and O–H groups in total. The molecule has 0 unspecified atom stereocenters. The van der Waals surface area contributed by atoms with Gasteiger partial charge in [-0.15, -0.1) is 0 Å². The van der Waals surface area contributed by atoms with E-state index in [0.717, 1.165) is 0 Å². The molecule has 20 heteroatoms. The Morgan fingerprint density at radius 3 is 1.97 bits per heavy atom. The Bertz CT molecular complexity index is 1620. The van der Waals surface area contributed by atoms with Gasteiger partial charge in [0.25, 0.3) is 0 Å². The minimum absolute atomic E-state index is 0.0665. The summed E-state index contributed by atoms with van der Waals surface area (Å²) in [6, 6.07) is 1.72. The van der Waals surface area contributed by atoms with E-state index in [1.54, 1.807) is 85.1 Å². The molecule has 0 saturated heterocycles. The lowest BCUT2D eigenvalue weighted by atomic mass is 9.97. The van der Waals surface area contributed by atoms with E-state index in [2.05, 4.69) is 36.6 Å². The van der Waals surface area contributed by atoms with Crippen molar-refractivity contribution in [3.8, 4) is 0 Å². The van der Waals surface area contributed by atoms with Crippen LogP contribution in [0.4, 0.5) is 4.79 Å². The van der Waals surface area contributed by atoms with E-state index in [0.29, 0.717) is 17.7 Å². The standard InChI is InChI=1S/C38H58N8O11S/c1-9-23(4)31(36(54)41-26(17-18-58-8)35(53)45-46-39)44-34(52)28(20-29(47)48)42-32(50)25(15-16-30(49)56-21-24-13-11-10-12-14-24)40-33(51)27(19-22(2)3)43-37(55)57-38(5,6)7/h10-14,22-23,25-28,31H,9,15-21H2,1-8H3,(H,40,51)(H,41,54)(H,42,50)(H,43,55)(H,44,52)(H,47,48)/t23-,25-,26-,27-,28-,31-/m0/s1. The quantitative estimate of drug-likeness (QED) is 0.0378. The Hall–Kier alpha value is -5.36. The van der Waals surface area contributed by atoms with Crippen LogP contribution in [0.2, 0.25) is 0 Å². The highest BCUT2D eigenvalue weighted by Crippen LogP contribution is 2.14. The minimum atomic E-state index is -1.79. The van der Waals surface area contributed by atoms with Gasteiger partial charge in [-0.05, 0) is 80.1 Å². The molecule has 0 aliphatic rings. The second-order valence-electron chi connectivity index (χ2n) is 15.0. The van der Waals surface area contributed by atoms with Crippen molar-refractivity contribution in [2.24, 2.45) is 17.0 Å². The van der Waals surface area contributed by atoms with Crippen molar-refractivity contribution in [1.82, 2.24) is 26.6 Å². The average Bonchev–Trinajstić information content (AvgIpc) is 3.14. The third kappa shape index (κ3) is 20.2. The Balaban J connectivity index is 3.42. The molecule has 1 aromatic rings. The first-order valence-electron chi connectivity index (χ1n) is 18.9. The molecule has 0 saturated carbocycles. The van der Waals surface area contributed by atoms with Gasteiger partial charge in [-0.25, -0.2) is 4.79 Å². The molecule has 58 heavy (non-hydrogen) atoms. The number of hydrogen-bond acceptors (Lipinski definition) is 11. The van der Waals surface area contributed by atoms with E-state index < -0.39 is 102 Å².